The van der Waals surface area contributed by atoms with Crippen LogP contribution in [0.15, 0.2) is 87.5 Å². The van der Waals surface area contributed by atoms with Crippen LogP contribution in [0.5, 0.6) is 0 Å². The van der Waals surface area contributed by atoms with Gasteiger partial charge in [-0.1, -0.05) is 0 Å². The summed E-state index contributed by atoms with van der Waals surface area (Å²) >= 11 is 3.62. The number of hydrogen-bond donors (Lipinski definition) is 1. The lowest BCUT2D eigenvalue weighted by Crippen LogP contribution is -2.63. The summed E-state index contributed by atoms with van der Waals surface area (Å²) in [6.07, 6.45) is -7.27. The lowest BCUT2D eigenvalue weighted by Gasteiger charge is -2.41. The Morgan fingerprint density at radius 3 is 1.29 bits per heavy atom. The standard InChI is InChI=1S/C23H13F9I2O5S2/c24-20(25,22(28,29)30)21(26,27)23(31,32)41(37,38)39-40(17-9-3-14(33)4-10-17,18-11-5-15(34)6-12-18)16-7-1-13(2-8-16)19(35)36/h1-12H,(H,35,36). The number of carboxylic acid groups (broad SMARTS) is 1. The molecule has 1 N–H and O–H groups in total. The number of carboxylic acids is 1. The maximum Gasteiger partial charge on any atom is 0.460 e. The summed E-state index contributed by atoms with van der Waals surface area (Å²) in [6, 6.07) is 13.6. The van der Waals surface area contributed by atoms with E-state index in [0.29, 0.717) is 7.14 Å². The fraction of sp³-hybridized carbons (Fsp3) is 0.174. The zero-order valence-electron chi connectivity index (χ0n) is 19.5. The van der Waals surface area contributed by atoms with Crippen LogP contribution < -0.4 is 0 Å². The molecule has 0 atom stereocenters. The first-order valence-electron chi connectivity index (χ1n) is 10.5. The molecule has 0 heterocycles. The Hall–Kier alpha value is -1.78. The molecular formula is C23H13F9I2O5S2. The number of hydrogen-bond acceptors (Lipinski definition) is 4. The molecule has 0 saturated heterocycles. The lowest BCUT2D eigenvalue weighted by atomic mass is 10.1. The molecule has 41 heavy (non-hydrogen) atoms. The molecular weight excluding hydrogens is 845 g/mol. The van der Waals surface area contributed by atoms with Crippen molar-refractivity contribution in [2.75, 3.05) is 0 Å². The summed E-state index contributed by atoms with van der Waals surface area (Å²) in [7, 11) is -11.6. The predicted octanol–water partition coefficient (Wildman–Crippen LogP) is 8.56. The molecule has 0 aliphatic rings. The van der Waals surface area contributed by atoms with Gasteiger partial charge in [-0.15, -0.1) is 0 Å². The van der Waals surface area contributed by atoms with Gasteiger partial charge in [-0.3, -0.25) is 0 Å². The maximum absolute atomic E-state index is 14.9. The van der Waals surface area contributed by atoms with Gasteiger partial charge in [0.1, 0.15) is 0 Å². The Bertz CT molecular complexity index is 1480. The highest BCUT2D eigenvalue weighted by atomic mass is 127. The topological polar surface area (TPSA) is 80.7 Å². The quantitative estimate of drug-likeness (QED) is 0.173. The first-order chi connectivity index (χ1) is 18.6. The van der Waals surface area contributed by atoms with E-state index in [1.807, 2.05) is 45.2 Å². The van der Waals surface area contributed by atoms with Crippen molar-refractivity contribution in [2.24, 2.45) is 0 Å². The molecule has 0 aliphatic heterocycles. The zero-order valence-corrected chi connectivity index (χ0v) is 25.4. The van der Waals surface area contributed by atoms with Crippen molar-refractivity contribution in [1.29, 1.82) is 0 Å². The van der Waals surface area contributed by atoms with Crippen LogP contribution in [0.3, 0.4) is 0 Å². The van der Waals surface area contributed by atoms with Crippen molar-refractivity contribution in [1.82, 2.24) is 0 Å². The SMILES string of the molecule is O=C(O)c1ccc(S(OS(=O)(=O)C(F)(F)C(F)(F)C(F)(F)C(F)(F)F)(c2ccc(I)cc2)c2ccc(I)cc2)cc1. The number of carbonyl (C=O) groups is 1. The van der Waals surface area contributed by atoms with Crippen LogP contribution in [-0.4, -0.2) is 42.8 Å². The van der Waals surface area contributed by atoms with E-state index in [0.717, 1.165) is 48.5 Å². The maximum atomic E-state index is 14.9. The molecule has 0 spiro atoms. The second kappa shape index (κ2) is 11.4. The van der Waals surface area contributed by atoms with Crippen LogP contribution in [-0.2, 0) is 13.7 Å². The fourth-order valence-electron chi connectivity index (χ4n) is 3.26. The van der Waals surface area contributed by atoms with E-state index in [9.17, 15) is 57.8 Å². The van der Waals surface area contributed by atoms with E-state index >= 15 is 0 Å². The first-order valence-corrected chi connectivity index (χ1v) is 15.6. The number of benzene rings is 3. The van der Waals surface area contributed by atoms with Gasteiger partial charge in [-0.25, -0.2) is 8.42 Å². The monoisotopic (exact) mass is 858 g/mol. The average molecular weight is 858 g/mol. The number of aromatic carboxylic acids is 1. The summed E-state index contributed by atoms with van der Waals surface area (Å²) in [5.41, 5.74) is -0.378. The van der Waals surface area contributed by atoms with Crippen molar-refractivity contribution in [3.05, 3.63) is 85.5 Å². The highest BCUT2D eigenvalue weighted by Gasteiger charge is 2.86. The normalized spacial score (nSPS) is 14.1. The van der Waals surface area contributed by atoms with Gasteiger partial charge in [0.15, 0.2) is 0 Å². The molecule has 0 fully saturated rings. The minimum Gasteiger partial charge on any atom is -0.478 e. The molecule has 5 nitrogen and oxygen atoms in total. The van der Waals surface area contributed by atoms with Crippen LogP contribution >= 0.6 is 55.5 Å². The second-order valence-electron chi connectivity index (χ2n) is 7.98. The van der Waals surface area contributed by atoms with E-state index in [4.69, 9.17) is 3.63 Å². The van der Waals surface area contributed by atoms with Gasteiger partial charge in [-0.05, 0) is 128 Å². The molecule has 0 saturated carbocycles. The molecule has 3 rings (SSSR count). The molecule has 224 valence electrons. The first kappa shape index (κ1) is 33.7. The van der Waals surface area contributed by atoms with Gasteiger partial charge in [-0.2, -0.15) is 47.9 Å². The highest BCUT2D eigenvalue weighted by Crippen LogP contribution is 2.71. The third-order valence-electron chi connectivity index (χ3n) is 5.35. The van der Waals surface area contributed by atoms with Gasteiger partial charge < -0.3 is 5.11 Å². The Kier molecular flexibility index (Phi) is 9.36. The third kappa shape index (κ3) is 5.90. The third-order valence-corrected chi connectivity index (χ3v) is 12.0. The number of halogens is 11. The molecule has 18 heteroatoms. The average Bonchev–Trinajstić information content (AvgIpc) is 2.87. The van der Waals surface area contributed by atoms with Crippen molar-refractivity contribution in [3.63, 3.8) is 0 Å². The van der Waals surface area contributed by atoms with Crippen molar-refractivity contribution < 1.29 is 61.5 Å². The van der Waals surface area contributed by atoms with E-state index in [1.54, 1.807) is 0 Å². The van der Waals surface area contributed by atoms with Crippen LogP contribution in [0.4, 0.5) is 39.5 Å². The zero-order chi connectivity index (χ0) is 31.2. The minimum absolute atomic E-state index is 0.285. The predicted molar refractivity (Wildman–Crippen MR) is 145 cm³/mol. The molecule has 0 aliphatic carbocycles. The molecule has 3 aromatic rings. The molecule has 0 aromatic heterocycles. The van der Waals surface area contributed by atoms with E-state index in [-0.39, 0.29) is 15.4 Å². The molecule has 0 radical (unpaired) electrons. The van der Waals surface area contributed by atoms with Gasteiger partial charge in [0.05, 0.1) is 5.56 Å². The Morgan fingerprint density at radius 2 is 0.976 bits per heavy atom. The van der Waals surface area contributed by atoms with Crippen LogP contribution in [0.25, 0.3) is 0 Å². The van der Waals surface area contributed by atoms with Crippen molar-refractivity contribution >= 4 is 71.6 Å². The van der Waals surface area contributed by atoms with Crippen LogP contribution in [0, 0.1) is 7.14 Å². The second-order valence-corrected chi connectivity index (χ2v) is 15.0. The van der Waals surface area contributed by atoms with Crippen LogP contribution in [0.1, 0.15) is 10.4 Å². The minimum atomic E-state index is -7.52. The number of rotatable bonds is 9. The number of alkyl halides is 9. The fourth-order valence-corrected chi connectivity index (χ4v) is 9.16. The lowest BCUT2D eigenvalue weighted by molar-refractivity contribution is -0.382. The Labute approximate surface area is 255 Å². The summed E-state index contributed by atoms with van der Waals surface area (Å²) in [6.45, 7) is 0. The van der Waals surface area contributed by atoms with Gasteiger partial charge in [0.25, 0.3) is 0 Å². The van der Waals surface area contributed by atoms with E-state index in [2.05, 4.69) is 0 Å². The summed E-state index contributed by atoms with van der Waals surface area (Å²) < 4.78 is 155. The molecule has 0 bridgehead atoms. The van der Waals surface area contributed by atoms with Crippen LogP contribution in [0.2, 0.25) is 0 Å². The van der Waals surface area contributed by atoms with Crippen molar-refractivity contribution in [3.8, 4) is 0 Å². The molecule has 0 amide bonds. The van der Waals surface area contributed by atoms with Gasteiger partial charge in [0, 0.05) is 21.8 Å². The Morgan fingerprint density at radius 1 is 0.634 bits per heavy atom. The molecule has 0 unspecified atom stereocenters. The summed E-state index contributed by atoms with van der Waals surface area (Å²) in [4.78, 5) is 10.4. The smallest absolute Gasteiger partial charge is 0.460 e. The summed E-state index contributed by atoms with van der Waals surface area (Å²) in [5.74, 6) is -16.5. The largest absolute Gasteiger partial charge is 0.478 e. The van der Waals surface area contributed by atoms with E-state index < -0.39 is 54.6 Å². The van der Waals surface area contributed by atoms with Crippen molar-refractivity contribution in [2.45, 2.75) is 38.0 Å². The van der Waals surface area contributed by atoms with E-state index in [1.165, 1.54) is 24.3 Å². The highest BCUT2D eigenvalue weighted by molar-refractivity contribution is 14.1. The summed E-state index contributed by atoms with van der Waals surface area (Å²) in [5, 5.41) is 2.11. The Balaban J connectivity index is 2.41. The van der Waals surface area contributed by atoms with Gasteiger partial charge in [0.2, 0.25) is 0 Å². The van der Waals surface area contributed by atoms with Gasteiger partial charge >= 0.3 is 39.4 Å². The molecule has 3 aromatic carbocycles.